The molecule has 0 radical (unpaired) electrons. The highest BCUT2D eigenvalue weighted by molar-refractivity contribution is 9.10. The van der Waals surface area contributed by atoms with Gasteiger partial charge in [-0.05, 0) is 36.4 Å². The molecular weight excluding hydrogens is 328 g/mol. The lowest BCUT2D eigenvalue weighted by Crippen LogP contribution is -2.39. The van der Waals surface area contributed by atoms with Crippen LogP contribution in [0.15, 0.2) is 28.7 Å². The molecule has 3 nitrogen and oxygen atoms in total. The first kappa shape index (κ1) is 16.5. The van der Waals surface area contributed by atoms with E-state index in [-0.39, 0.29) is 11.3 Å². The quantitative estimate of drug-likeness (QED) is 0.877. The number of carbonyl (C=O) groups is 1. The highest BCUT2D eigenvalue weighted by Crippen LogP contribution is 2.38. The molecule has 0 aliphatic heterocycles. The molecule has 0 aromatic heterocycles. The third-order valence-electron chi connectivity index (χ3n) is 4.66. The summed E-state index contributed by atoms with van der Waals surface area (Å²) in [5, 5.41) is 0. The Bertz CT molecular complexity index is 483. The molecule has 0 unspecified atom stereocenters. The van der Waals surface area contributed by atoms with Crippen LogP contribution in [0.25, 0.3) is 0 Å². The maximum Gasteiger partial charge on any atom is 0.223 e. The van der Waals surface area contributed by atoms with Gasteiger partial charge in [0.25, 0.3) is 0 Å². The van der Waals surface area contributed by atoms with Gasteiger partial charge >= 0.3 is 0 Å². The average molecular weight is 353 g/mol. The van der Waals surface area contributed by atoms with Crippen LogP contribution >= 0.6 is 15.9 Å². The fourth-order valence-corrected chi connectivity index (χ4v) is 3.59. The maximum atomic E-state index is 12.5. The first-order valence-electron chi connectivity index (χ1n) is 7.74. The Morgan fingerprint density at radius 2 is 1.95 bits per heavy atom. The normalized spacial score (nSPS) is 17.5. The molecule has 1 aromatic rings. The standard InChI is InChI=1S/C17H25BrN2O/c1-20(12-14-7-3-4-8-15(14)18)16(21)11-17(13-19)9-5-2-6-10-17/h3-4,7-8H,2,5-6,9-13,19H2,1H3. The number of rotatable bonds is 5. The second kappa shape index (κ2) is 7.41. The molecule has 0 bridgehead atoms. The average Bonchev–Trinajstić information content (AvgIpc) is 2.50. The van der Waals surface area contributed by atoms with Crippen molar-refractivity contribution >= 4 is 21.8 Å². The van der Waals surface area contributed by atoms with Crippen molar-refractivity contribution in [3.05, 3.63) is 34.3 Å². The van der Waals surface area contributed by atoms with Gasteiger partial charge in [-0.15, -0.1) is 0 Å². The van der Waals surface area contributed by atoms with Gasteiger partial charge in [-0.25, -0.2) is 0 Å². The molecule has 1 aliphatic carbocycles. The van der Waals surface area contributed by atoms with Gasteiger partial charge in [-0.1, -0.05) is 53.4 Å². The van der Waals surface area contributed by atoms with E-state index in [9.17, 15) is 4.79 Å². The SMILES string of the molecule is CN(Cc1ccccc1Br)C(=O)CC1(CN)CCCCC1. The van der Waals surface area contributed by atoms with Gasteiger partial charge in [0, 0.05) is 24.5 Å². The van der Waals surface area contributed by atoms with Crippen LogP contribution in [0.1, 0.15) is 44.1 Å². The predicted molar refractivity (Wildman–Crippen MR) is 89.8 cm³/mol. The van der Waals surface area contributed by atoms with E-state index in [1.807, 2.05) is 36.2 Å². The summed E-state index contributed by atoms with van der Waals surface area (Å²) in [6.07, 6.45) is 6.47. The van der Waals surface area contributed by atoms with Crippen LogP contribution in [-0.4, -0.2) is 24.4 Å². The molecule has 0 atom stereocenters. The minimum absolute atomic E-state index is 0.0392. The monoisotopic (exact) mass is 352 g/mol. The summed E-state index contributed by atoms with van der Waals surface area (Å²) < 4.78 is 1.05. The lowest BCUT2D eigenvalue weighted by atomic mass is 9.71. The van der Waals surface area contributed by atoms with Crippen molar-refractivity contribution in [3.8, 4) is 0 Å². The molecule has 1 aromatic carbocycles. The number of hydrogen-bond acceptors (Lipinski definition) is 2. The summed E-state index contributed by atoms with van der Waals surface area (Å²) in [5.41, 5.74) is 7.16. The van der Waals surface area contributed by atoms with E-state index in [1.165, 1.54) is 19.3 Å². The third-order valence-corrected chi connectivity index (χ3v) is 5.44. The fourth-order valence-electron chi connectivity index (χ4n) is 3.18. The summed E-state index contributed by atoms with van der Waals surface area (Å²) in [6.45, 7) is 1.27. The van der Waals surface area contributed by atoms with E-state index in [1.54, 1.807) is 0 Å². The minimum atomic E-state index is 0.0392. The van der Waals surface area contributed by atoms with E-state index < -0.39 is 0 Å². The molecule has 1 saturated carbocycles. The zero-order valence-corrected chi connectivity index (χ0v) is 14.4. The molecule has 21 heavy (non-hydrogen) atoms. The molecule has 2 rings (SSSR count). The second-order valence-electron chi connectivity index (χ2n) is 6.28. The van der Waals surface area contributed by atoms with Crippen LogP contribution in [0, 0.1) is 5.41 Å². The topological polar surface area (TPSA) is 46.3 Å². The van der Waals surface area contributed by atoms with E-state index >= 15 is 0 Å². The van der Waals surface area contributed by atoms with E-state index in [0.29, 0.717) is 19.5 Å². The summed E-state index contributed by atoms with van der Waals surface area (Å²) in [5.74, 6) is 0.207. The lowest BCUT2D eigenvalue weighted by Gasteiger charge is -2.36. The van der Waals surface area contributed by atoms with Crippen molar-refractivity contribution in [2.24, 2.45) is 11.1 Å². The lowest BCUT2D eigenvalue weighted by molar-refractivity contribution is -0.133. The van der Waals surface area contributed by atoms with Crippen LogP contribution in [0.4, 0.5) is 0 Å². The highest BCUT2D eigenvalue weighted by Gasteiger charge is 2.33. The Balaban J connectivity index is 1.97. The smallest absolute Gasteiger partial charge is 0.223 e. The first-order chi connectivity index (χ1) is 10.1. The third kappa shape index (κ3) is 4.30. The van der Waals surface area contributed by atoms with Gasteiger partial charge in [0.2, 0.25) is 5.91 Å². The summed E-state index contributed by atoms with van der Waals surface area (Å²) in [7, 11) is 1.88. The largest absolute Gasteiger partial charge is 0.341 e. The Hall–Kier alpha value is -0.870. The molecule has 116 valence electrons. The van der Waals surface area contributed by atoms with Gasteiger partial charge in [-0.2, -0.15) is 0 Å². The van der Waals surface area contributed by atoms with Gasteiger partial charge < -0.3 is 10.6 Å². The Kier molecular flexibility index (Phi) is 5.82. The Labute approximate surface area is 136 Å². The van der Waals surface area contributed by atoms with Crippen molar-refractivity contribution in [2.45, 2.75) is 45.1 Å². The van der Waals surface area contributed by atoms with Crippen molar-refractivity contribution in [2.75, 3.05) is 13.6 Å². The van der Waals surface area contributed by atoms with Gasteiger partial charge in [-0.3, -0.25) is 4.79 Å². The molecule has 0 spiro atoms. The van der Waals surface area contributed by atoms with Crippen molar-refractivity contribution < 1.29 is 4.79 Å². The van der Waals surface area contributed by atoms with E-state index in [4.69, 9.17) is 5.73 Å². The van der Waals surface area contributed by atoms with E-state index in [0.717, 1.165) is 22.9 Å². The zero-order valence-electron chi connectivity index (χ0n) is 12.8. The molecule has 4 heteroatoms. The van der Waals surface area contributed by atoms with Gasteiger partial charge in [0.1, 0.15) is 0 Å². The van der Waals surface area contributed by atoms with Crippen molar-refractivity contribution in [1.82, 2.24) is 4.90 Å². The zero-order chi connectivity index (χ0) is 15.3. The number of benzene rings is 1. The molecule has 1 fully saturated rings. The Morgan fingerprint density at radius 1 is 1.29 bits per heavy atom. The summed E-state index contributed by atoms with van der Waals surface area (Å²) in [6, 6.07) is 8.05. The predicted octanol–water partition coefficient (Wildman–Crippen LogP) is 3.71. The number of halogens is 1. The Morgan fingerprint density at radius 3 is 2.57 bits per heavy atom. The molecule has 0 saturated heterocycles. The van der Waals surface area contributed by atoms with Gasteiger partial charge in [0.05, 0.1) is 0 Å². The van der Waals surface area contributed by atoms with Gasteiger partial charge in [0.15, 0.2) is 0 Å². The highest BCUT2D eigenvalue weighted by atomic mass is 79.9. The van der Waals surface area contributed by atoms with E-state index in [2.05, 4.69) is 15.9 Å². The molecule has 0 heterocycles. The number of carbonyl (C=O) groups excluding carboxylic acids is 1. The molecule has 1 aliphatic rings. The molecule has 1 amide bonds. The summed E-state index contributed by atoms with van der Waals surface area (Å²) in [4.78, 5) is 14.4. The molecular formula is C17H25BrN2O. The number of hydrogen-bond donors (Lipinski definition) is 1. The van der Waals surface area contributed by atoms with Crippen molar-refractivity contribution in [3.63, 3.8) is 0 Å². The minimum Gasteiger partial charge on any atom is -0.341 e. The fraction of sp³-hybridized carbons (Fsp3) is 0.588. The maximum absolute atomic E-state index is 12.5. The van der Waals surface area contributed by atoms with Crippen LogP contribution < -0.4 is 5.73 Å². The number of nitrogens with zero attached hydrogens (tertiary/aromatic N) is 1. The van der Waals surface area contributed by atoms with Crippen LogP contribution in [0.2, 0.25) is 0 Å². The second-order valence-corrected chi connectivity index (χ2v) is 7.14. The van der Waals surface area contributed by atoms with Crippen LogP contribution in [0.5, 0.6) is 0 Å². The van der Waals surface area contributed by atoms with Crippen LogP contribution in [0.3, 0.4) is 0 Å². The number of nitrogens with two attached hydrogens (primary N) is 1. The summed E-state index contributed by atoms with van der Waals surface area (Å²) >= 11 is 3.54. The van der Waals surface area contributed by atoms with Crippen molar-refractivity contribution in [1.29, 1.82) is 0 Å². The molecule has 2 N–H and O–H groups in total. The van der Waals surface area contributed by atoms with Crippen LogP contribution in [-0.2, 0) is 11.3 Å². The first-order valence-corrected chi connectivity index (χ1v) is 8.53. The number of amides is 1.